The quantitative estimate of drug-likeness (QED) is 0.771. The second-order valence-corrected chi connectivity index (χ2v) is 5.63. The maximum atomic E-state index is 13.5. The average Bonchev–Trinajstić information content (AvgIpc) is 2.53. The first-order chi connectivity index (χ1) is 10.7. The van der Waals surface area contributed by atoms with Crippen molar-refractivity contribution in [1.82, 2.24) is 0 Å². The molecule has 0 saturated carbocycles. The lowest BCUT2D eigenvalue weighted by molar-refractivity contribution is -0.113. The number of para-hydroxylation sites is 2. The van der Waals surface area contributed by atoms with E-state index in [4.69, 9.17) is 4.74 Å². The smallest absolute Gasteiger partial charge is 0.234 e. The van der Waals surface area contributed by atoms with Crippen LogP contribution in [0.4, 0.5) is 10.1 Å². The van der Waals surface area contributed by atoms with E-state index in [1.807, 2.05) is 25.1 Å². The Morgan fingerprint density at radius 3 is 2.68 bits per heavy atom. The summed E-state index contributed by atoms with van der Waals surface area (Å²) in [7, 11) is 0. The second kappa shape index (κ2) is 8.44. The van der Waals surface area contributed by atoms with E-state index in [-0.39, 0.29) is 17.5 Å². The number of carbonyl (C=O) groups excluding carboxylic acids is 1. The molecule has 1 amide bonds. The van der Waals surface area contributed by atoms with E-state index >= 15 is 0 Å². The molecule has 0 aliphatic heterocycles. The van der Waals surface area contributed by atoms with Gasteiger partial charge in [0.15, 0.2) is 0 Å². The lowest BCUT2D eigenvalue weighted by Gasteiger charge is -2.11. The number of benzene rings is 2. The summed E-state index contributed by atoms with van der Waals surface area (Å²) in [6.07, 6.45) is 0.894. The highest BCUT2D eigenvalue weighted by Gasteiger charge is 2.09. The Kier molecular flexibility index (Phi) is 6.27. The van der Waals surface area contributed by atoms with Crippen LogP contribution in [0.1, 0.15) is 13.3 Å². The van der Waals surface area contributed by atoms with Crippen LogP contribution in [-0.4, -0.2) is 18.3 Å². The van der Waals surface area contributed by atoms with Crippen molar-refractivity contribution < 1.29 is 13.9 Å². The molecule has 2 aromatic rings. The number of carbonyl (C=O) groups is 1. The molecule has 3 nitrogen and oxygen atoms in total. The SMILES string of the molecule is CCCOc1ccccc1NC(=O)CSc1ccccc1F. The molecule has 0 aliphatic carbocycles. The Morgan fingerprint density at radius 2 is 1.91 bits per heavy atom. The van der Waals surface area contributed by atoms with Crippen molar-refractivity contribution in [3.8, 4) is 5.75 Å². The van der Waals surface area contributed by atoms with Crippen LogP contribution in [0.15, 0.2) is 53.4 Å². The van der Waals surface area contributed by atoms with Crippen LogP contribution in [0.2, 0.25) is 0 Å². The van der Waals surface area contributed by atoms with Crippen LogP contribution in [0.3, 0.4) is 0 Å². The first-order valence-electron chi connectivity index (χ1n) is 7.09. The van der Waals surface area contributed by atoms with E-state index in [0.717, 1.165) is 6.42 Å². The molecule has 0 bridgehead atoms. The van der Waals surface area contributed by atoms with Gasteiger partial charge in [-0.05, 0) is 30.7 Å². The van der Waals surface area contributed by atoms with Crippen molar-refractivity contribution in [1.29, 1.82) is 0 Å². The number of nitrogens with one attached hydrogen (secondary N) is 1. The molecular formula is C17H18FNO2S. The molecule has 5 heteroatoms. The van der Waals surface area contributed by atoms with Gasteiger partial charge in [0.05, 0.1) is 18.0 Å². The molecule has 0 unspecified atom stereocenters. The highest BCUT2D eigenvalue weighted by Crippen LogP contribution is 2.25. The zero-order valence-corrected chi connectivity index (χ0v) is 13.2. The molecule has 0 radical (unpaired) electrons. The van der Waals surface area contributed by atoms with Crippen LogP contribution in [-0.2, 0) is 4.79 Å². The van der Waals surface area contributed by atoms with Gasteiger partial charge >= 0.3 is 0 Å². The summed E-state index contributed by atoms with van der Waals surface area (Å²) in [5.41, 5.74) is 0.634. The molecule has 0 aliphatic rings. The standard InChI is InChI=1S/C17H18FNO2S/c1-2-11-21-15-9-5-4-8-14(15)19-17(20)12-22-16-10-6-3-7-13(16)18/h3-10H,2,11-12H2,1H3,(H,19,20). The molecule has 0 aromatic heterocycles. The minimum Gasteiger partial charge on any atom is -0.491 e. The fourth-order valence-corrected chi connectivity index (χ4v) is 2.54. The lowest BCUT2D eigenvalue weighted by Crippen LogP contribution is -2.15. The summed E-state index contributed by atoms with van der Waals surface area (Å²) >= 11 is 1.17. The summed E-state index contributed by atoms with van der Waals surface area (Å²) in [4.78, 5) is 12.5. The largest absolute Gasteiger partial charge is 0.491 e. The van der Waals surface area contributed by atoms with E-state index in [0.29, 0.717) is 22.9 Å². The van der Waals surface area contributed by atoms with Crippen LogP contribution >= 0.6 is 11.8 Å². The number of anilines is 1. The topological polar surface area (TPSA) is 38.3 Å². The maximum absolute atomic E-state index is 13.5. The molecule has 1 N–H and O–H groups in total. The normalized spacial score (nSPS) is 10.3. The molecule has 0 heterocycles. The van der Waals surface area contributed by atoms with Gasteiger partial charge in [0.25, 0.3) is 0 Å². The van der Waals surface area contributed by atoms with Gasteiger partial charge in [-0.2, -0.15) is 0 Å². The van der Waals surface area contributed by atoms with E-state index < -0.39 is 0 Å². The Bertz CT molecular complexity index is 634. The Hall–Kier alpha value is -2.01. The number of ether oxygens (including phenoxy) is 1. The van der Waals surface area contributed by atoms with Crippen molar-refractivity contribution >= 4 is 23.4 Å². The first-order valence-corrected chi connectivity index (χ1v) is 8.08. The van der Waals surface area contributed by atoms with Crippen molar-refractivity contribution in [2.45, 2.75) is 18.2 Å². The molecular weight excluding hydrogens is 301 g/mol. The van der Waals surface area contributed by atoms with Gasteiger partial charge in [0.1, 0.15) is 11.6 Å². The minimum absolute atomic E-state index is 0.142. The predicted octanol–water partition coefficient (Wildman–Crippen LogP) is 4.35. The van der Waals surface area contributed by atoms with Gasteiger partial charge in [0, 0.05) is 4.90 Å². The lowest BCUT2D eigenvalue weighted by atomic mass is 10.3. The molecule has 116 valence electrons. The summed E-state index contributed by atoms with van der Waals surface area (Å²) in [6.45, 7) is 2.61. The fraction of sp³-hybridized carbons (Fsp3) is 0.235. The summed E-state index contributed by atoms with van der Waals surface area (Å²) in [5, 5.41) is 2.80. The number of hydrogen-bond acceptors (Lipinski definition) is 3. The maximum Gasteiger partial charge on any atom is 0.234 e. The molecule has 0 fully saturated rings. The van der Waals surface area contributed by atoms with Gasteiger partial charge in [0.2, 0.25) is 5.91 Å². The number of hydrogen-bond donors (Lipinski definition) is 1. The van der Waals surface area contributed by atoms with Crippen LogP contribution in [0.5, 0.6) is 5.75 Å². The number of halogens is 1. The fourth-order valence-electron chi connectivity index (χ4n) is 1.80. The van der Waals surface area contributed by atoms with Gasteiger partial charge in [-0.15, -0.1) is 11.8 Å². The van der Waals surface area contributed by atoms with E-state index in [1.165, 1.54) is 17.8 Å². The number of rotatable bonds is 7. The number of thioether (sulfide) groups is 1. The van der Waals surface area contributed by atoms with Gasteiger partial charge in [-0.1, -0.05) is 31.2 Å². The summed E-state index contributed by atoms with van der Waals surface area (Å²) in [6, 6.07) is 13.7. The van der Waals surface area contributed by atoms with Gasteiger partial charge in [-0.25, -0.2) is 4.39 Å². The summed E-state index contributed by atoms with van der Waals surface area (Å²) < 4.78 is 19.1. The zero-order chi connectivity index (χ0) is 15.8. The van der Waals surface area contributed by atoms with Crippen molar-refractivity contribution in [3.05, 3.63) is 54.3 Å². The molecule has 0 saturated heterocycles. The van der Waals surface area contributed by atoms with E-state index in [9.17, 15) is 9.18 Å². The van der Waals surface area contributed by atoms with Crippen molar-refractivity contribution in [2.24, 2.45) is 0 Å². The molecule has 0 spiro atoms. The highest BCUT2D eigenvalue weighted by atomic mass is 32.2. The molecule has 0 atom stereocenters. The molecule has 22 heavy (non-hydrogen) atoms. The zero-order valence-electron chi connectivity index (χ0n) is 12.3. The third-order valence-electron chi connectivity index (χ3n) is 2.82. The Labute approximate surface area is 133 Å². The highest BCUT2D eigenvalue weighted by molar-refractivity contribution is 8.00. The van der Waals surface area contributed by atoms with Gasteiger partial charge in [-0.3, -0.25) is 4.79 Å². The third-order valence-corrected chi connectivity index (χ3v) is 3.87. The summed E-state index contributed by atoms with van der Waals surface area (Å²) in [5.74, 6) is 0.282. The molecule has 2 aromatic carbocycles. The monoisotopic (exact) mass is 319 g/mol. The average molecular weight is 319 g/mol. The van der Waals surface area contributed by atoms with Crippen LogP contribution in [0, 0.1) is 5.82 Å². The van der Waals surface area contributed by atoms with E-state index in [1.54, 1.807) is 24.3 Å². The second-order valence-electron chi connectivity index (χ2n) is 4.61. The van der Waals surface area contributed by atoms with E-state index in [2.05, 4.69) is 5.32 Å². The predicted molar refractivity (Wildman–Crippen MR) is 88.0 cm³/mol. The third kappa shape index (κ3) is 4.77. The van der Waals surface area contributed by atoms with Crippen LogP contribution in [0.25, 0.3) is 0 Å². The molecule has 2 rings (SSSR count). The van der Waals surface area contributed by atoms with Crippen LogP contribution < -0.4 is 10.1 Å². The Morgan fingerprint density at radius 1 is 1.18 bits per heavy atom. The van der Waals surface area contributed by atoms with Gasteiger partial charge < -0.3 is 10.1 Å². The first kappa shape index (κ1) is 16.4. The number of amides is 1. The Balaban J connectivity index is 1.93. The van der Waals surface area contributed by atoms with Crippen molar-refractivity contribution in [3.63, 3.8) is 0 Å². The van der Waals surface area contributed by atoms with Crippen molar-refractivity contribution in [2.75, 3.05) is 17.7 Å². The minimum atomic E-state index is -0.313.